The molecule has 3 rings (SSSR count). The molecule has 0 bridgehead atoms. The summed E-state index contributed by atoms with van der Waals surface area (Å²) >= 11 is 1.82. The van der Waals surface area contributed by atoms with Gasteiger partial charge < -0.3 is 15.1 Å². The second kappa shape index (κ2) is 8.68. The molecule has 128 valence electrons. The molecule has 0 radical (unpaired) electrons. The second-order valence-corrected chi connectivity index (χ2v) is 6.66. The van der Waals surface area contributed by atoms with E-state index in [1.807, 2.05) is 29.7 Å². The molecule has 1 aliphatic heterocycles. The third kappa shape index (κ3) is 4.47. The number of pyridine rings is 1. The van der Waals surface area contributed by atoms with E-state index in [1.54, 1.807) is 0 Å². The highest BCUT2D eigenvalue weighted by atomic mass is 32.1. The maximum Gasteiger partial charge on any atom is 0.194 e. The zero-order valence-corrected chi connectivity index (χ0v) is 15.0. The van der Waals surface area contributed by atoms with Crippen LogP contribution < -0.4 is 10.2 Å². The molecular formula is C18H25N5S. The number of nitrogens with one attached hydrogen (secondary N) is 1. The van der Waals surface area contributed by atoms with Gasteiger partial charge in [-0.3, -0.25) is 9.98 Å². The predicted octanol–water partition coefficient (Wildman–Crippen LogP) is 2.47. The molecular weight excluding hydrogens is 318 g/mol. The lowest BCUT2D eigenvalue weighted by Crippen LogP contribution is -2.52. The van der Waals surface area contributed by atoms with Crippen LogP contribution in [0.15, 0.2) is 46.9 Å². The van der Waals surface area contributed by atoms with Crippen molar-refractivity contribution >= 4 is 22.3 Å². The first kappa shape index (κ1) is 16.8. The first-order chi connectivity index (χ1) is 11.9. The second-order valence-electron chi connectivity index (χ2n) is 5.73. The number of rotatable bonds is 5. The Morgan fingerprint density at radius 1 is 1.21 bits per heavy atom. The molecule has 0 aromatic carbocycles. The van der Waals surface area contributed by atoms with Gasteiger partial charge in [0.25, 0.3) is 0 Å². The van der Waals surface area contributed by atoms with Crippen LogP contribution in [0.1, 0.15) is 12.6 Å². The van der Waals surface area contributed by atoms with Crippen molar-refractivity contribution in [1.29, 1.82) is 0 Å². The van der Waals surface area contributed by atoms with Crippen LogP contribution in [0.4, 0.5) is 5.00 Å². The average molecular weight is 344 g/mol. The van der Waals surface area contributed by atoms with Gasteiger partial charge in [-0.15, -0.1) is 11.3 Å². The molecule has 1 saturated heterocycles. The van der Waals surface area contributed by atoms with Gasteiger partial charge in [-0.2, -0.15) is 0 Å². The largest absolute Gasteiger partial charge is 0.360 e. The number of anilines is 1. The Morgan fingerprint density at radius 3 is 2.75 bits per heavy atom. The molecule has 0 spiro atoms. The molecule has 2 aromatic rings. The minimum absolute atomic E-state index is 0.768. The monoisotopic (exact) mass is 343 g/mol. The Bertz CT molecular complexity index is 618. The Morgan fingerprint density at radius 2 is 2.08 bits per heavy atom. The lowest BCUT2D eigenvalue weighted by molar-refractivity contribution is 0.373. The summed E-state index contributed by atoms with van der Waals surface area (Å²) in [6.45, 7) is 7.89. The molecule has 0 amide bonds. The van der Waals surface area contributed by atoms with Crippen LogP contribution in [-0.2, 0) is 6.42 Å². The highest BCUT2D eigenvalue weighted by Gasteiger charge is 2.20. The molecule has 1 aliphatic rings. The Hall–Kier alpha value is -2.08. The summed E-state index contributed by atoms with van der Waals surface area (Å²) in [7, 11) is 0. The fourth-order valence-electron chi connectivity index (χ4n) is 2.84. The highest BCUT2D eigenvalue weighted by molar-refractivity contribution is 7.14. The molecule has 0 aliphatic carbocycles. The van der Waals surface area contributed by atoms with Crippen molar-refractivity contribution in [3.8, 4) is 0 Å². The predicted molar refractivity (Wildman–Crippen MR) is 102 cm³/mol. The smallest absolute Gasteiger partial charge is 0.194 e. The van der Waals surface area contributed by atoms with Gasteiger partial charge in [0, 0.05) is 57.6 Å². The summed E-state index contributed by atoms with van der Waals surface area (Å²) in [6.07, 6.45) is 2.72. The van der Waals surface area contributed by atoms with Crippen molar-refractivity contribution in [2.45, 2.75) is 13.3 Å². The zero-order valence-electron chi connectivity index (χ0n) is 14.2. The minimum Gasteiger partial charge on any atom is -0.360 e. The van der Waals surface area contributed by atoms with Crippen LogP contribution in [0.25, 0.3) is 0 Å². The van der Waals surface area contributed by atoms with Crippen molar-refractivity contribution in [3.63, 3.8) is 0 Å². The van der Waals surface area contributed by atoms with Crippen LogP contribution in [-0.4, -0.2) is 55.1 Å². The minimum atomic E-state index is 0.768. The van der Waals surface area contributed by atoms with Crippen molar-refractivity contribution in [1.82, 2.24) is 15.2 Å². The molecule has 5 nitrogen and oxygen atoms in total. The number of thiophene rings is 1. The van der Waals surface area contributed by atoms with Gasteiger partial charge in [0.05, 0.1) is 5.00 Å². The van der Waals surface area contributed by atoms with Gasteiger partial charge in [-0.05, 0) is 36.6 Å². The van der Waals surface area contributed by atoms with Gasteiger partial charge in [0.1, 0.15) is 0 Å². The Balaban J connectivity index is 1.54. The number of hydrogen-bond donors (Lipinski definition) is 1. The summed E-state index contributed by atoms with van der Waals surface area (Å²) in [5.74, 6) is 1.03. The number of hydrogen-bond acceptors (Lipinski definition) is 4. The number of aromatic nitrogens is 1. The van der Waals surface area contributed by atoms with Gasteiger partial charge in [0.15, 0.2) is 5.96 Å². The van der Waals surface area contributed by atoms with Crippen molar-refractivity contribution in [2.75, 3.05) is 44.2 Å². The van der Waals surface area contributed by atoms with Crippen LogP contribution in [0.5, 0.6) is 0 Å². The molecule has 2 aromatic heterocycles. The molecule has 1 N–H and O–H groups in total. The van der Waals surface area contributed by atoms with E-state index >= 15 is 0 Å². The standard InChI is InChI=1S/C18H25N5S/c1-2-19-18(21-10-8-16-6-3-4-9-20-16)23-13-11-22(12-14-23)17-7-5-15-24-17/h3-7,9,15H,2,8,10-14H2,1H3,(H,19,21). The van der Waals surface area contributed by atoms with Crippen molar-refractivity contribution in [2.24, 2.45) is 4.99 Å². The first-order valence-electron chi connectivity index (χ1n) is 8.58. The fraction of sp³-hybridized carbons (Fsp3) is 0.444. The third-order valence-electron chi connectivity index (χ3n) is 4.09. The topological polar surface area (TPSA) is 43.8 Å². The number of guanidine groups is 1. The zero-order chi connectivity index (χ0) is 16.6. The van der Waals surface area contributed by atoms with Crippen LogP contribution in [0.2, 0.25) is 0 Å². The van der Waals surface area contributed by atoms with Crippen LogP contribution in [0, 0.1) is 0 Å². The molecule has 0 saturated carbocycles. The lowest BCUT2D eigenvalue weighted by atomic mass is 10.3. The highest BCUT2D eigenvalue weighted by Crippen LogP contribution is 2.22. The Labute approximate surface area is 148 Å². The molecule has 0 unspecified atom stereocenters. The molecule has 1 fully saturated rings. The van der Waals surface area contributed by atoms with E-state index in [4.69, 9.17) is 4.99 Å². The molecule has 0 atom stereocenters. The average Bonchev–Trinajstić information content (AvgIpc) is 3.17. The van der Waals surface area contributed by atoms with Crippen LogP contribution >= 0.6 is 11.3 Å². The van der Waals surface area contributed by atoms with E-state index in [1.165, 1.54) is 5.00 Å². The van der Waals surface area contributed by atoms with Gasteiger partial charge in [-0.25, -0.2) is 0 Å². The lowest BCUT2D eigenvalue weighted by Gasteiger charge is -2.37. The summed E-state index contributed by atoms with van der Waals surface area (Å²) in [4.78, 5) is 14.0. The van der Waals surface area contributed by atoms with E-state index in [0.29, 0.717) is 0 Å². The van der Waals surface area contributed by atoms with E-state index in [0.717, 1.165) is 57.3 Å². The normalized spacial score (nSPS) is 15.6. The van der Waals surface area contributed by atoms with Crippen LogP contribution in [0.3, 0.4) is 0 Å². The third-order valence-corrected chi connectivity index (χ3v) is 5.02. The Kier molecular flexibility index (Phi) is 6.07. The van der Waals surface area contributed by atoms with Gasteiger partial charge in [-0.1, -0.05) is 6.07 Å². The maximum absolute atomic E-state index is 4.80. The summed E-state index contributed by atoms with van der Waals surface area (Å²) in [6, 6.07) is 10.4. The van der Waals surface area contributed by atoms with Crippen molar-refractivity contribution < 1.29 is 0 Å². The molecule has 24 heavy (non-hydrogen) atoms. The van der Waals surface area contributed by atoms with Gasteiger partial charge in [0.2, 0.25) is 0 Å². The van der Waals surface area contributed by atoms with E-state index in [9.17, 15) is 0 Å². The van der Waals surface area contributed by atoms with E-state index in [2.05, 4.69) is 50.6 Å². The first-order valence-corrected chi connectivity index (χ1v) is 9.46. The van der Waals surface area contributed by atoms with Gasteiger partial charge >= 0.3 is 0 Å². The molecule has 3 heterocycles. The fourth-order valence-corrected chi connectivity index (χ4v) is 3.62. The van der Waals surface area contributed by atoms with Crippen molar-refractivity contribution in [3.05, 3.63) is 47.6 Å². The summed E-state index contributed by atoms with van der Waals surface area (Å²) in [5, 5.41) is 6.94. The maximum atomic E-state index is 4.80. The summed E-state index contributed by atoms with van der Waals surface area (Å²) in [5.41, 5.74) is 1.10. The SMILES string of the molecule is CCNC(=NCCc1ccccn1)N1CCN(c2cccs2)CC1. The van der Waals surface area contributed by atoms with E-state index in [-0.39, 0.29) is 0 Å². The number of piperazine rings is 1. The molecule has 6 heteroatoms. The number of aliphatic imine (C=N–C) groups is 1. The van der Waals surface area contributed by atoms with E-state index < -0.39 is 0 Å². The number of nitrogens with zero attached hydrogens (tertiary/aromatic N) is 4. The quantitative estimate of drug-likeness (QED) is 0.669. The summed E-state index contributed by atoms with van der Waals surface area (Å²) < 4.78 is 0.